The van der Waals surface area contributed by atoms with Crippen LogP contribution in [0.4, 0.5) is 5.69 Å². The van der Waals surface area contributed by atoms with Crippen molar-refractivity contribution in [3.05, 3.63) is 41.6 Å². The van der Waals surface area contributed by atoms with E-state index >= 15 is 0 Å². The largest absolute Gasteiger partial charge is 0.478 e. The molecule has 0 spiro atoms. The highest BCUT2D eigenvalue weighted by atomic mass is 16.5. The molecular formula is C18H22N2O5. The molecule has 1 aromatic carbocycles. The van der Waals surface area contributed by atoms with Gasteiger partial charge in [-0.2, -0.15) is 0 Å². The third kappa shape index (κ3) is 5.34. The Kier molecular flexibility index (Phi) is 6.56. The van der Waals surface area contributed by atoms with Crippen LogP contribution < -0.4 is 10.6 Å². The summed E-state index contributed by atoms with van der Waals surface area (Å²) in [5.74, 6) is -2.29. The molecule has 1 amide bonds. The van der Waals surface area contributed by atoms with Gasteiger partial charge in [-0.3, -0.25) is 4.79 Å². The summed E-state index contributed by atoms with van der Waals surface area (Å²) >= 11 is 0. The van der Waals surface area contributed by atoms with Gasteiger partial charge in [0, 0.05) is 6.04 Å². The zero-order valence-electron chi connectivity index (χ0n) is 14.1. The number of anilines is 1. The Labute approximate surface area is 146 Å². The van der Waals surface area contributed by atoms with Crippen LogP contribution in [0.5, 0.6) is 0 Å². The lowest BCUT2D eigenvalue weighted by Gasteiger charge is -2.23. The van der Waals surface area contributed by atoms with Crippen molar-refractivity contribution in [1.82, 2.24) is 5.32 Å². The number of benzene rings is 1. The number of carboxylic acid groups (broad SMARTS) is 1. The van der Waals surface area contributed by atoms with E-state index in [0.29, 0.717) is 0 Å². The molecule has 1 aliphatic rings. The van der Waals surface area contributed by atoms with Crippen LogP contribution in [-0.4, -0.2) is 36.1 Å². The Morgan fingerprint density at radius 3 is 2.48 bits per heavy atom. The molecule has 0 heterocycles. The molecule has 1 aromatic rings. The first-order valence-corrected chi connectivity index (χ1v) is 8.21. The first kappa shape index (κ1) is 18.5. The minimum absolute atomic E-state index is 0.00346. The van der Waals surface area contributed by atoms with Crippen molar-refractivity contribution in [2.75, 3.05) is 12.4 Å². The SMILES string of the molecule is COC(=O)/C=C(/Nc1ccccc1C(=O)O)C(=O)NC1CCCCC1. The van der Waals surface area contributed by atoms with Crippen LogP contribution in [0.1, 0.15) is 42.5 Å². The number of esters is 1. The lowest BCUT2D eigenvalue weighted by Crippen LogP contribution is -2.38. The van der Waals surface area contributed by atoms with E-state index in [0.717, 1.165) is 38.2 Å². The number of methoxy groups -OCH3 is 1. The number of aromatic carboxylic acids is 1. The zero-order chi connectivity index (χ0) is 18.2. The summed E-state index contributed by atoms with van der Waals surface area (Å²) in [6.45, 7) is 0. The first-order valence-electron chi connectivity index (χ1n) is 8.21. The Balaban J connectivity index is 2.21. The second-order valence-corrected chi connectivity index (χ2v) is 5.87. The molecule has 7 heteroatoms. The number of hydrogen-bond acceptors (Lipinski definition) is 5. The van der Waals surface area contributed by atoms with Crippen molar-refractivity contribution in [2.45, 2.75) is 38.1 Å². The molecule has 1 saturated carbocycles. The van der Waals surface area contributed by atoms with Crippen LogP contribution in [0.3, 0.4) is 0 Å². The van der Waals surface area contributed by atoms with Crippen molar-refractivity contribution < 1.29 is 24.2 Å². The fraction of sp³-hybridized carbons (Fsp3) is 0.389. The Morgan fingerprint density at radius 2 is 1.84 bits per heavy atom. The quantitative estimate of drug-likeness (QED) is 0.539. The maximum Gasteiger partial charge on any atom is 0.337 e. The summed E-state index contributed by atoms with van der Waals surface area (Å²) in [6, 6.07) is 6.23. The standard InChI is InChI=1S/C18H22N2O5/c1-25-16(21)11-15(17(22)19-12-7-3-2-4-8-12)20-14-10-6-5-9-13(14)18(23)24/h5-6,9-12,20H,2-4,7-8H2,1H3,(H,19,22)(H,23,24)/b15-11+. The summed E-state index contributed by atoms with van der Waals surface area (Å²) in [6.07, 6.45) is 6.07. The fourth-order valence-corrected chi connectivity index (χ4v) is 2.77. The normalized spacial score (nSPS) is 15.3. The van der Waals surface area contributed by atoms with E-state index in [1.165, 1.54) is 19.2 Å². The zero-order valence-corrected chi connectivity index (χ0v) is 14.1. The molecule has 1 aliphatic carbocycles. The van der Waals surface area contributed by atoms with Gasteiger partial charge in [-0.05, 0) is 25.0 Å². The van der Waals surface area contributed by atoms with Crippen LogP contribution in [0.15, 0.2) is 36.0 Å². The number of carbonyl (C=O) groups excluding carboxylic acids is 2. The van der Waals surface area contributed by atoms with Crippen molar-refractivity contribution in [1.29, 1.82) is 0 Å². The molecule has 134 valence electrons. The van der Waals surface area contributed by atoms with Gasteiger partial charge >= 0.3 is 11.9 Å². The van der Waals surface area contributed by atoms with Crippen molar-refractivity contribution >= 4 is 23.5 Å². The molecule has 0 aliphatic heterocycles. The summed E-state index contributed by atoms with van der Waals surface area (Å²) in [5.41, 5.74) is 0.179. The molecule has 1 fully saturated rings. The van der Waals surface area contributed by atoms with Gasteiger partial charge in [0.15, 0.2) is 0 Å². The average molecular weight is 346 g/mol. The van der Waals surface area contributed by atoms with Gasteiger partial charge in [-0.1, -0.05) is 31.4 Å². The topological polar surface area (TPSA) is 105 Å². The van der Waals surface area contributed by atoms with E-state index < -0.39 is 17.8 Å². The second-order valence-electron chi connectivity index (χ2n) is 5.87. The van der Waals surface area contributed by atoms with Gasteiger partial charge < -0.3 is 20.5 Å². The van der Waals surface area contributed by atoms with Crippen molar-refractivity contribution in [3.8, 4) is 0 Å². The molecule has 0 unspecified atom stereocenters. The smallest absolute Gasteiger partial charge is 0.337 e. The maximum atomic E-state index is 12.6. The van der Waals surface area contributed by atoms with E-state index in [1.54, 1.807) is 12.1 Å². The summed E-state index contributed by atoms with van der Waals surface area (Å²) < 4.78 is 4.58. The van der Waals surface area contributed by atoms with Crippen LogP contribution in [0, 0.1) is 0 Å². The highest BCUT2D eigenvalue weighted by Crippen LogP contribution is 2.20. The van der Waals surface area contributed by atoms with Crippen LogP contribution in [0.2, 0.25) is 0 Å². The maximum absolute atomic E-state index is 12.6. The molecular weight excluding hydrogens is 324 g/mol. The number of carboxylic acids is 1. The molecule has 25 heavy (non-hydrogen) atoms. The lowest BCUT2D eigenvalue weighted by molar-refractivity contribution is -0.135. The van der Waals surface area contributed by atoms with Gasteiger partial charge in [0.25, 0.3) is 5.91 Å². The van der Waals surface area contributed by atoms with Gasteiger partial charge in [0.1, 0.15) is 5.70 Å². The van der Waals surface area contributed by atoms with Gasteiger partial charge in [0.2, 0.25) is 0 Å². The number of nitrogens with one attached hydrogen (secondary N) is 2. The monoisotopic (exact) mass is 346 g/mol. The average Bonchev–Trinajstić information content (AvgIpc) is 2.62. The molecule has 0 saturated heterocycles. The summed E-state index contributed by atoms with van der Waals surface area (Å²) in [5, 5.41) is 14.9. The fourth-order valence-electron chi connectivity index (χ4n) is 2.77. The first-order chi connectivity index (χ1) is 12.0. The van der Waals surface area contributed by atoms with Crippen molar-refractivity contribution in [2.24, 2.45) is 0 Å². The predicted octanol–water partition coefficient (Wildman–Crippen LogP) is 2.30. The number of ether oxygens (including phenoxy) is 1. The van der Waals surface area contributed by atoms with E-state index in [-0.39, 0.29) is 23.0 Å². The number of para-hydroxylation sites is 1. The van der Waals surface area contributed by atoms with Crippen LogP contribution in [-0.2, 0) is 14.3 Å². The summed E-state index contributed by atoms with van der Waals surface area (Å²) in [7, 11) is 1.21. The van der Waals surface area contributed by atoms with E-state index in [1.807, 2.05) is 0 Å². The number of rotatable bonds is 6. The van der Waals surface area contributed by atoms with Crippen LogP contribution >= 0.6 is 0 Å². The van der Waals surface area contributed by atoms with Gasteiger partial charge in [-0.25, -0.2) is 9.59 Å². The number of amides is 1. The number of hydrogen-bond donors (Lipinski definition) is 3. The minimum Gasteiger partial charge on any atom is -0.478 e. The van der Waals surface area contributed by atoms with E-state index in [2.05, 4.69) is 15.4 Å². The highest BCUT2D eigenvalue weighted by Gasteiger charge is 2.20. The molecule has 0 bridgehead atoms. The minimum atomic E-state index is -1.13. The third-order valence-electron chi connectivity index (χ3n) is 4.08. The van der Waals surface area contributed by atoms with E-state index in [4.69, 9.17) is 0 Å². The predicted molar refractivity (Wildman–Crippen MR) is 92.1 cm³/mol. The van der Waals surface area contributed by atoms with E-state index in [9.17, 15) is 19.5 Å². The molecule has 3 N–H and O–H groups in total. The third-order valence-corrected chi connectivity index (χ3v) is 4.08. The van der Waals surface area contributed by atoms with Gasteiger partial charge in [-0.15, -0.1) is 0 Å². The lowest BCUT2D eigenvalue weighted by atomic mass is 9.95. The van der Waals surface area contributed by atoms with Gasteiger partial charge in [0.05, 0.1) is 24.4 Å². The van der Waals surface area contributed by atoms with Crippen molar-refractivity contribution in [3.63, 3.8) is 0 Å². The Bertz CT molecular complexity index is 678. The Hall–Kier alpha value is -2.83. The molecule has 0 radical (unpaired) electrons. The summed E-state index contributed by atoms with van der Waals surface area (Å²) in [4.78, 5) is 35.5. The number of carbonyl (C=O) groups is 3. The molecule has 7 nitrogen and oxygen atoms in total. The molecule has 2 rings (SSSR count). The molecule has 0 aromatic heterocycles. The highest BCUT2D eigenvalue weighted by molar-refractivity contribution is 6.03. The Morgan fingerprint density at radius 1 is 1.16 bits per heavy atom. The molecule has 0 atom stereocenters. The van der Waals surface area contributed by atoms with Crippen LogP contribution in [0.25, 0.3) is 0 Å². The second kappa shape index (κ2) is 8.86.